The van der Waals surface area contributed by atoms with Crippen LogP contribution in [0.5, 0.6) is 5.75 Å². The molecule has 1 amide bonds. The Balaban J connectivity index is 2.50. The molecule has 2 rings (SSSR count). The molecule has 3 heteroatoms. The molecule has 0 heterocycles. The summed E-state index contributed by atoms with van der Waals surface area (Å²) in [6.45, 7) is 14.4. The molecule has 27 heavy (non-hydrogen) atoms. The van der Waals surface area contributed by atoms with Crippen LogP contribution in [-0.2, 0) is 17.3 Å². The maximum absolute atomic E-state index is 13.0. The van der Waals surface area contributed by atoms with E-state index in [1.165, 1.54) is 0 Å². The van der Waals surface area contributed by atoms with Crippen LogP contribution >= 0.6 is 0 Å². The van der Waals surface area contributed by atoms with Crippen LogP contribution in [0.4, 0.5) is 5.69 Å². The van der Waals surface area contributed by atoms with Crippen molar-refractivity contribution < 1.29 is 9.90 Å². The van der Waals surface area contributed by atoms with Crippen LogP contribution in [0.2, 0.25) is 0 Å². The van der Waals surface area contributed by atoms with E-state index in [-0.39, 0.29) is 22.5 Å². The highest BCUT2D eigenvalue weighted by Gasteiger charge is 2.27. The van der Waals surface area contributed by atoms with E-state index in [1.54, 1.807) is 0 Å². The maximum atomic E-state index is 13.0. The van der Waals surface area contributed by atoms with Gasteiger partial charge in [-0.1, -0.05) is 73.1 Å². The maximum Gasteiger partial charge on any atom is 0.255 e. The molecular formula is C24H33NO2. The lowest BCUT2D eigenvalue weighted by Gasteiger charge is -2.28. The lowest BCUT2D eigenvalue weighted by Crippen LogP contribution is -2.21. The summed E-state index contributed by atoms with van der Waals surface area (Å²) in [5.41, 5.74) is 3.63. The molecule has 2 aromatic carbocycles. The van der Waals surface area contributed by atoms with Crippen molar-refractivity contribution in [3.8, 4) is 5.75 Å². The van der Waals surface area contributed by atoms with E-state index in [1.807, 2.05) is 71.9 Å². The third kappa shape index (κ3) is 4.91. The number of para-hydroxylation sites is 1. The van der Waals surface area contributed by atoms with E-state index >= 15 is 0 Å². The first-order valence-corrected chi connectivity index (χ1v) is 9.72. The van der Waals surface area contributed by atoms with Crippen LogP contribution in [0.25, 0.3) is 0 Å². The fourth-order valence-electron chi connectivity index (χ4n) is 3.23. The molecule has 0 saturated heterocycles. The number of hydrogen-bond acceptors (Lipinski definition) is 2. The summed E-state index contributed by atoms with van der Waals surface area (Å²) in [5, 5.41) is 13.9. The quantitative estimate of drug-likeness (QED) is 0.676. The van der Waals surface area contributed by atoms with Crippen molar-refractivity contribution in [1.29, 1.82) is 0 Å². The third-order valence-corrected chi connectivity index (χ3v) is 4.77. The number of aryl methyl sites for hydroxylation is 1. The molecule has 0 aliphatic heterocycles. The minimum atomic E-state index is -0.263. The summed E-state index contributed by atoms with van der Waals surface area (Å²) in [5.74, 6) is 0.146. The lowest BCUT2D eigenvalue weighted by molar-refractivity contribution is 0.102. The van der Waals surface area contributed by atoms with E-state index in [0.717, 1.165) is 35.2 Å². The van der Waals surface area contributed by atoms with Gasteiger partial charge >= 0.3 is 0 Å². The highest BCUT2D eigenvalue weighted by Crippen LogP contribution is 2.40. The van der Waals surface area contributed by atoms with E-state index in [4.69, 9.17) is 0 Å². The van der Waals surface area contributed by atoms with Gasteiger partial charge in [0.05, 0.1) is 0 Å². The molecule has 0 saturated carbocycles. The van der Waals surface area contributed by atoms with Crippen LogP contribution in [0, 0.1) is 0 Å². The van der Waals surface area contributed by atoms with Crippen molar-refractivity contribution in [3.05, 3.63) is 58.7 Å². The Morgan fingerprint density at radius 2 is 1.48 bits per heavy atom. The average Bonchev–Trinajstić information content (AvgIpc) is 2.54. The van der Waals surface area contributed by atoms with Gasteiger partial charge in [-0.15, -0.1) is 0 Å². The molecule has 0 aromatic heterocycles. The molecule has 0 bridgehead atoms. The molecule has 0 atom stereocenters. The smallest absolute Gasteiger partial charge is 0.255 e. The number of rotatable bonds is 4. The van der Waals surface area contributed by atoms with Gasteiger partial charge in [0.1, 0.15) is 5.75 Å². The normalized spacial score (nSPS) is 12.1. The standard InChI is InChI=1S/C24H33NO2/c1-8-11-16-12-9-10-13-20(16)25-22(27)17-14-18(23(2,3)4)21(26)19(15-17)24(5,6)7/h9-10,12-15,26H,8,11H2,1-7H3,(H,25,27). The van der Waals surface area contributed by atoms with Crippen LogP contribution < -0.4 is 5.32 Å². The second kappa shape index (κ2) is 7.75. The highest BCUT2D eigenvalue weighted by molar-refractivity contribution is 6.05. The third-order valence-electron chi connectivity index (χ3n) is 4.77. The summed E-state index contributed by atoms with van der Waals surface area (Å²) in [7, 11) is 0. The molecule has 0 fully saturated rings. The zero-order chi connectivity index (χ0) is 20.4. The van der Waals surface area contributed by atoms with E-state index < -0.39 is 0 Å². The number of phenols is 1. The molecule has 2 N–H and O–H groups in total. The predicted molar refractivity (Wildman–Crippen MR) is 114 cm³/mol. The number of carbonyl (C=O) groups is 1. The monoisotopic (exact) mass is 367 g/mol. The fraction of sp³-hybridized carbons (Fsp3) is 0.458. The number of amides is 1. The number of anilines is 1. The summed E-state index contributed by atoms with van der Waals surface area (Å²) >= 11 is 0. The Kier molecular flexibility index (Phi) is 6.04. The Labute approximate surface area is 163 Å². The number of nitrogens with one attached hydrogen (secondary N) is 1. The van der Waals surface area contributed by atoms with Crippen molar-refractivity contribution in [2.75, 3.05) is 5.32 Å². The minimum absolute atomic E-state index is 0.144. The van der Waals surface area contributed by atoms with E-state index in [9.17, 15) is 9.90 Å². The molecule has 0 unspecified atom stereocenters. The second-order valence-electron chi connectivity index (χ2n) is 9.28. The van der Waals surface area contributed by atoms with Crippen LogP contribution in [0.1, 0.15) is 81.9 Å². The number of phenolic OH excluding ortho intramolecular Hbond substituents is 1. The topological polar surface area (TPSA) is 49.3 Å². The van der Waals surface area contributed by atoms with Crippen molar-refractivity contribution in [2.45, 2.75) is 72.1 Å². The lowest BCUT2D eigenvalue weighted by atomic mass is 9.78. The van der Waals surface area contributed by atoms with Crippen LogP contribution in [0.3, 0.4) is 0 Å². The van der Waals surface area contributed by atoms with Gasteiger partial charge < -0.3 is 10.4 Å². The first-order valence-electron chi connectivity index (χ1n) is 9.72. The number of aromatic hydroxyl groups is 1. The van der Waals surface area contributed by atoms with E-state index in [0.29, 0.717) is 5.56 Å². The van der Waals surface area contributed by atoms with Crippen LogP contribution in [-0.4, -0.2) is 11.0 Å². The Morgan fingerprint density at radius 1 is 0.963 bits per heavy atom. The van der Waals surface area contributed by atoms with Gasteiger partial charge in [-0.05, 0) is 41.0 Å². The van der Waals surface area contributed by atoms with Crippen molar-refractivity contribution >= 4 is 11.6 Å². The predicted octanol–water partition coefficient (Wildman–Crippen LogP) is 6.19. The first kappa shape index (κ1) is 21.0. The fourth-order valence-corrected chi connectivity index (χ4v) is 3.23. The van der Waals surface area contributed by atoms with Gasteiger partial charge in [-0.25, -0.2) is 0 Å². The average molecular weight is 368 g/mol. The molecule has 3 nitrogen and oxygen atoms in total. The van der Waals surface area contributed by atoms with Gasteiger partial charge in [-0.3, -0.25) is 4.79 Å². The van der Waals surface area contributed by atoms with Crippen molar-refractivity contribution in [3.63, 3.8) is 0 Å². The SMILES string of the molecule is CCCc1ccccc1NC(=O)c1cc(C(C)(C)C)c(O)c(C(C)(C)C)c1. The molecule has 0 spiro atoms. The molecule has 0 aliphatic rings. The van der Waals surface area contributed by atoms with Crippen molar-refractivity contribution in [2.24, 2.45) is 0 Å². The molecule has 2 aromatic rings. The minimum Gasteiger partial charge on any atom is -0.507 e. The Hall–Kier alpha value is -2.29. The Morgan fingerprint density at radius 3 is 1.96 bits per heavy atom. The van der Waals surface area contributed by atoms with Gasteiger partial charge in [0.15, 0.2) is 0 Å². The highest BCUT2D eigenvalue weighted by atomic mass is 16.3. The molecule has 146 valence electrons. The van der Waals surface area contributed by atoms with Gasteiger partial charge in [0.2, 0.25) is 0 Å². The largest absolute Gasteiger partial charge is 0.507 e. The number of carbonyl (C=O) groups excluding carboxylic acids is 1. The molecule has 0 aliphatic carbocycles. The summed E-state index contributed by atoms with van der Waals surface area (Å²) < 4.78 is 0. The first-order chi connectivity index (χ1) is 12.4. The van der Waals surface area contributed by atoms with E-state index in [2.05, 4.69) is 18.3 Å². The van der Waals surface area contributed by atoms with Gasteiger partial charge in [0, 0.05) is 22.4 Å². The number of benzene rings is 2. The zero-order valence-corrected chi connectivity index (χ0v) is 17.7. The number of hydrogen-bond donors (Lipinski definition) is 2. The van der Waals surface area contributed by atoms with Gasteiger partial charge in [-0.2, -0.15) is 0 Å². The van der Waals surface area contributed by atoms with Crippen LogP contribution in [0.15, 0.2) is 36.4 Å². The summed E-state index contributed by atoms with van der Waals surface area (Å²) in [4.78, 5) is 13.0. The summed E-state index contributed by atoms with van der Waals surface area (Å²) in [6.07, 6.45) is 1.95. The van der Waals surface area contributed by atoms with Crippen molar-refractivity contribution in [1.82, 2.24) is 0 Å². The van der Waals surface area contributed by atoms with Gasteiger partial charge in [0.25, 0.3) is 5.91 Å². The Bertz CT molecular complexity index is 788. The zero-order valence-electron chi connectivity index (χ0n) is 17.7. The second-order valence-corrected chi connectivity index (χ2v) is 9.28. The summed E-state index contributed by atoms with van der Waals surface area (Å²) in [6, 6.07) is 11.6. The molecule has 0 radical (unpaired) electrons. The molecular weight excluding hydrogens is 334 g/mol.